The minimum atomic E-state index is -0.296. The van der Waals surface area contributed by atoms with E-state index in [1.807, 2.05) is 6.92 Å². The molecule has 1 unspecified atom stereocenters. The first kappa shape index (κ1) is 19.7. The van der Waals surface area contributed by atoms with Crippen LogP contribution in [0.2, 0.25) is 0 Å². The molecule has 0 bridgehead atoms. The van der Waals surface area contributed by atoms with Gasteiger partial charge in [-0.3, -0.25) is 9.69 Å². The standard InChI is InChI=1S/C20H23FN4O.ClH/c1-13-16-8-9-18(26)25(12-15-5-2-3-7-17(15)21)20(16)24-19(23-13)14-6-4-10-22-11-14;/h2-3,5,7,14,22H,4,6,8-12H2,1H3;1H. The quantitative estimate of drug-likeness (QED) is 0.873. The Morgan fingerprint density at radius 3 is 2.81 bits per heavy atom. The maximum Gasteiger partial charge on any atom is 0.228 e. The lowest BCUT2D eigenvalue weighted by molar-refractivity contribution is -0.119. The predicted octanol–water partition coefficient (Wildman–Crippen LogP) is 3.29. The lowest BCUT2D eigenvalue weighted by atomic mass is 9.97. The summed E-state index contributed by atoms with van der Waals surface area (Å²) in [6.45, 7) is 4.08. The van der Waals surface area contributed by atoms with Gasteiger partial charge in [-0.2, -0.15) is 0 Å². The van der Waals surface area contributed by atoms with Gasteiger partial charge in [0.1, 0.15) is 17.5 Å². The van der Waals surface area contributed by atoms with E-state index in [4.69, 9.17) is 9.97 Å². The van der Waals surface area contributed by atoms with Crippen molar-refractivity contribution < 1.29 is 9.18 Å². The third-order valence-electron chi connectivity index (χ3n) is 5.30. The van der Waals surface area contributed by atoms with E-state index in [1.54, 1.807) is 23.1 Å². The minimum absolute atomic E-state index is 0. The van der Waals surface area contributed by atoms with Crippen LogP contribution in [0.15, 0.2) is 24.3 Å². The minimum Gasteiger partial charge on any atom is -0.316 e. The molecule has 144 valence electrons. The second-order valence-electron chi connectivity index (χ2n) is 7.08. The Kier molecular flexibility index (Phi) is 6.07. The number of rotatable bonds is 3. The largest absolute Gasteiger partial charge is 0.316 e. The van der Waals surface area contributed by atoms with Gasteiger partial charge in [0, 0.05) is 35.7 Å². The fourth-order valence-corrected chi connectivity index (χ4v) is 3.82. The van der Waals surface area contributed by atoms with Crippen LogP contribution >= 0.6 is 12.4 Å². The Morgan fingerprint density at radius 2 is 2.07 bits per heavy atom. The van der Waals surface area contributed by atoms with Crippen LogP contribution in [0, 0.1) is 12.7 Å². The van der Waals surface area contributed by atoms with Gasteiger partial charge in [0.05, 0.1) is 6.54 Å². The number of carbonyl (C=O) groups excluding carboxylic acids is 1. The maximum atomic E-state index is 14.1. The van der Waals surface area contributed by atoms with Crippen molar-refractivity contribution in [3.8, 4) is 0 Å². The molecular formula is C20H24ClFN4O. The second-order valence-corrected chi connectivity index (χ2v) is 7.08. The summed E-state index contributed by atoms with van der Waals surface area (Å²) in [4.78, 5) is 23.8. The Bertz CT molecular complexity index is 839. The van der Waals surface area contributed by atoms with Crippen molar-refractivity contribution in [1.29, 1.82) is 0 Å². The van der Waals surface area contributed by atoms with Crippen molar-refractivity contribution in [2.24, 2.45) is 0 Å². The van der Waals surface area contributed by atoms with E-state index in [0.717, 1.165) is 43.0 Å². The fraction of sp³-hybridized carbons (Fsp3) is 0.450. The highest BCUT2D eigenvalue weighted by Gasteiger charge is 2.30. The summed E-state index contributed by atoms with van der Waals surface area (Å²) in [5.74, 6) is 1.42. The van der Waals surface area contributed by atoms with Crippen LogP contribution in [0.5, 0.6) is 0 Å². The number of piperidine rings is 1. The van der Waals surface area contributed by atoms with Crippen molar-refractivity contribution in [1.82, 2.24) is 15.3 Å². The van der Waals surface area contributed by atoms with E-state index in [9.17, 15) is 9.18 Å². The average molecular weight is 391 g/mol. The number of aryl methyl sites for hydroxylation is 1. The molecule has 0 radical (unpaired) electrons. The van der Waals surface area contributed by atoms with Crippen LogP contribution in [-0.4, -0.2) is 29.0 Å². The molecule has 1 aromatic heterocycles. The highest BCUT2D eigenvalue weighted by molar-refractivity contribution is 5.95. The first-order chi connectivity index (χ1) is 12.6. The number of fused-ring (bicyclic) bond motifs is 1. The lowest BCUT2D eigenvalue weighted by Crippen LogP contribution is -2.37. The molecule has 5 nitrogen and oxygen atoms in total. The number of halogens is 2. The molecule has 1 saturated heterocycles. The number of anilines is 1. The molecule has 27 heavy (non-hydrogen) atoms. The van der Waals surface area contributed by atoms with Crippen molar-refractivity contribution in [2.75, 3.05) is 18.0 Å². The van der Waals surface area contributed by atoms with Gasteiger partial charge in [-0.15, -0.1) is 12.4 Å². The summed E-state index contributed by atoms with van der Waals surface area (Å²) >= 11 is 0. The smallest absolute Gasteiger partial charge is 0.228 e. The molecule has 1 amide bonds. The molecule has 2 aromatic rings. The maximum absolute atomic E-state index is 14.1. The van der Waals surface area contributed by atoms with Gasteiger partial charge in [0.15, 0.2) is 0 Å². The third-order valence-corrected chi connectivity index (χ3v) is 5.30. The zero-order valence-electron chi connectivity index (χ0n) is 15.4. The molecule has 0 spiro atoms. The number of amides is 1. The molecule has 1 N–H and O–H groups in total. The first-order valence-corrected chi connectivity index (χ1v) is 9.25. The van der Waals surface area contributed by atoms with Crippen molar-refractivity contribution in [2.45, 2.75) is 45.1 Å². The molecule has 7 heteroatoms. The third kappa shape index (κ3) is 3.96. The second kappa shape index (κ2) is 8.31. The van der Waals surface area contributed by atoms with Crippen LogP contribution in [0.1, 0.15) is 47.8 Å². The summed E-state index contributed by atoms with van der Waals surface area (Å²) in [6, 6.07) is 6.59. The molecule has 1 fully saturated rings. The number of nitrogens with one attached hydrogen (secondary N) is 1. The average Bonchev–Trinajstić information content (AvgIpc) is 2.66. The van der Waals surface area contributed by atoms with Crippen LogP contribution < -0.4 is 10.2 Å². The monoisotopic (exact) mass is 390 g/mol. The molecule has 4 rings (SSSR count). The highest BCUT2D eigenvalue weighted by Crippen LogP contribution is 2.32. The summed E-state index contributed by atoms with van der Waals surface area (Å²) in [7, 11) is 0. The fourth-order valence-electron chi connectivity index (χ4n) is 3.82. The van der Waals surface area contributed by atoms with Gasteiger partial charge < -0.3 is 5.32 Å². The van der Waals surface area contributed by atoms with E-state index in [0.29, 0.717) is 24.2 Å². The highest BCUT2D eigenvalue weighted by atomic mass is 35.5. The van der Waals surface area contributed by atoms with E-state index < -0.39 is 0 Å². The number of carbonyl (C=O) groups is 1. The van der Waals surface area contributed by atoms with Crippen LogP contribution in [0.4, 0.5) is 10.2 Å². The molecule has 2 aliphatic rings. The molecule has 2 aliphatic heterocycles. The van der Waals surface area contributed by atoms with E-state index in [2.05, 4.69) is 5.32 Å². The summed E-state index contributed by atoms with van der Waals surface area (Å²) in [6.07, 6.45) is 3.21. The molecule has 3 heterocycles. The van der Waals surface area contributed by atoms with E-state index >= 15 is 0 Å². The van der Waals surface area contributed by atoms with Crippen molar-refractivity contribution >= 4 is 24.1 Å². The van der Waals surface area contributed by atoms with Gasteiger partial charge in [0.2, 0.25) is 5.91 Å². The topological polar surface area (TPSA) is 58.1 Å². The summed E-state index contributed by atoms with van der Waals surface area (Å²) in [5, 5.41) is 3.39. The zero-order valence-corrected chi connectivity index (χ0v) is 16.2. The normalized spacial score (nSPS) is 19.4. The van der Waals surface area contributed by atoms with Gasteiger partial charge in [0.25, 0.3) is 0 Å². The summed E-state index contributed by atoms with van der Waals surface area (Å²) < 4.78 is 14.1. The number of hydrogen-bond acceptors (Lipinski definition) is 4. The van der Waals surface area contributed by atoms with Crippen LogP contribution in [0.3, 0.4) is 0 Å². The molecule has 1 atom stereocenters. The van der Waals surface area contributed by atoms with Crippen molar-refractivity contribution in [3.63, 3.8) is 0 Å². The number of aromatic nitrogens is 2. The number of hydrogen-bond donors (Lipinski definition) is 1. The molecular weight excluding hydrogens is 367 g/mol. The van der Waals surface area contributed by atoms with Gasteiger partial charge in [-0.1, -0.05) is 18.2 Å². The first-order valence-electron chi connectivity index (χ1n) is 9.25. The van der Waals surface area contributed by atoms with Gasteiger partial charge in [-0.05, 0) is 38.8 Å². The van der Waals surface area contributed by atoms with Crippen LogP contribution in [0.25, 0.3) is 0 Å². The molecule has 1 aromatic carbocycles. The van der Waals surface area contributed by atoms with Gasteiger partial charge >= 0.3 is 0 Å². The number of benzene rings is 1. The Morgan fingerprint density at radius 1 is 1.26 bits per heavy atom. The SMILES string of the molecule is Cc1nc(C2CCCNC2)nc2c1CCC(=O)N2Cc1ccccc1F.Cl. The molecule has 0 saturated carbocycles. The predicted molar refractivity (Wildman–Crippen MR) is 105 cm³/mol. The van der Waals surface area contributed by atoms with Crippen molar-refractivity contribution in [3.05, 3.63) is 52.7 Å². The van der Waals surface area contributed by atoms with E-state index in [-0.39, 0.29) is 36.6 Å². The van der Waals surface area contributed by atoms with Gasteiger partial charge in [-0.25, -0.2) is 14.4 Å². The Balaban J connectivity index is 0.00000210. The molecule has 0 aliphatic carbocycles. The number of nitrogens with zero attached hydrogens (tertiary/aromatic N) is 3. The lowest BCUT2D eigenvalue weighted by Gasteiger charge is -2.31. The Hall–Kier alpha value is -2.05. The summed E-state index contributed by atoms with van der Waals surface area (Å²) in [5.41, 5.74) is 2.45. The zero-order chi connectivity index (χ0) is 18.1. The van der Waals surface area contributed by atoms with Crippen LogP contribution in [-0.2, 0) is 17.8 Å². The van der Waals surface area contributed by atoms with E-state index in [1.165, 1.54) is 6.07 Å². The Labute approximate surface area is 164 Å².